The second-order valence-electron chi connectivity index (χ2n) is 7.51. The number of benzene rings is 2. The highest BCUT2D eigenvalue weighted by Gasteiger charge is 2.36. The molecule has 0 spiro atoms. The molecule has 0 aliphatic carbocycles. The van der Waals surface area contributed by atoms with Gasteiger partial charge in [-0.3, -0.25) is 9.59 Å². The lowest BCUT2D eigenvalue weighted by Crippen LogP contribution is -2.48. The molecule has 0 aromatic heterocycles. The maximum atomic E-state index is 13.8. The Hall–Kier alpha value is -2.78. The first-order chi connectivity index (χ1) is 14.3. The standard InChI is InChI=1S/C21H22FN3O4S/c22-17-6-2-1-5-16(17)14-30(28,29)24-11-9-15(10-12-24)21(27)25-13-20(26)23-18-7-3-4-8-19(18)25/h1-8,15H,9-14H2,(H,23,26). The number of halogens is 1. The Labute approximate surface area is 174 Å². The molecular formula is C21H22FN3O4S. The summed E-state index contributed by atoms with van der Waals surface area (Å²) in [5, 5.41) is 2.75. The van der Waals surface area contributed by atoms with E-state index in [1.54, 1.807) is 30.3 Å². The van der Waals surface area contributed by atoms with Crippen LogP contribution in [0.15, 0.2) is 48.5 Å². The highest BCUT2D eigenvalue weighted by Crippen LogP contribution is 2.32. The van der Waals surface area contributed by atoms with Gasteiger partial charge < -0.3 is 10.2 Å². The molecule has 30 heavy (non-hydrogen) atoms. The molecule has 2 amide bonds. The quantitative estimate of drug-likeness (QED) is 0.805. The van der Waals surface area contributed by atoms with Gasteiger partial charge in [-0.25, -0.2) is 17.1 Å². The summed E-state index contributed by atoms with van der Waals surface area (Å²) in [4.78, 5) is 26.5. The van der Waals surface area contributed by atoms with Crippen molar-refractivity contribution in [1.82, 2.24) is 4.31 Å². The van der Waals surface area contributed by atoms with Crippen LogP contribution in [-0.2, 0) is 25.4 Å². The van der Waals surface area contributed by atoms with Crippen molar-refractivity contribution < 1.29 is 22.4 Å². The van der Waals surface area contributed by atoms with E-state index in [9.17, 15) is 22.4 Å². The molecule has 158 valence electrons. The third-order valence-corrected chi connectivity index (χ3v) is 7.36. The monoisotopic (exact) mass is 431 g/mol. The zero-order valence-corrected chi connectivity index (χ0v) is 17.1. The fourth-order valence-electron chi connectivity index (χ4n) is 3.93. The maximum absolute atomic E-state index is 13.8. The van der Waals surface area contributed by atoms with Crippen molar-refractivity contribution in [3.05, 3.63) is 59.9 Å². The number of anilines is 2. The molecule has 4 rings (SSSR count). The van der Waals surface area contributed by atoms with Gasteiger partial charge in [0.25, 0.3) is 0 Å². The largest absolute Gasteiger partial charge is 0.323 e. The van der Waals surface area contributed by atoms with Crippen molar-refractivity contribution in [2.45, 2.75) is 18.6 Å². The molecule has 0 radical (unpaired) electrons. The van der Waals surface area contributed by atoms with Crippen LogP contribution in [0.3, 0.4) is 0 Å². The van der Waals surface area contributed by atoms with Gasteiger partial charge in [0.2, 0.25) is 21.8 Å². The Morgan fingerprint density at radius 2 is 1.73 bits per heavy atom. The topological polar surface area (TPSA) is 86.8 Å². The Kier molecular flexibility index (Phi) is 5.57. The SMILES string of the molecule is O=C1CN(C(=O)C2CCN(S(=O)(=O)Cc3ccccc3F)CC2)c2ccccc2N1. The van der Waals surface area contributed by atoms with E-state index in [2.05, 4.69) is 5.32 Å². The number of hydrogen-bond acceptors (Lipinski definition) is 4. The molecule has 2 aliphatic heterocycles. The van der Waals surface area contributed by atoms with Gasteiger partial charge in [0.05, 0.1) is 17.1 Å². The molecular weight excluding hydrogens is 409 g/mol. The lowest BCUT2D eigenvalue weighted by Gasteiger charge is -2.35. The normalized spacial score (nSPS) is 18.0. The summed E-state index contributed by atoms with van der Waals surface area (Å²) in [6.07, 6.45) is 0.714. The third-order valence-electron chi connectivity index (χ3n) is 5.53. The molecule has 2 aliphatic rings. The minimum atomic E-state index is -3.69. The molecule has 1 fully saturated rings. The third kappa shape index (κ3) is 4.08. The smallest absolute Gasteiger partial charge is 0.244 e. The van der Waals surface area contributed by atoms with E-state index in [4.69, 9.17) is 0 Å². The zero-order chi connectivity index (χ0) is 21.3. The van der Waals surface area contributed by atoms with Crippen molar-refractivity contribution in [3.63, 3.8) is 0 Å². The Bertz CT molecular complexity index is 1080. The van der Waals surface area contributed by atoms with Gasteiger partial charge in [-0.15, -0.1) is 0 Å². The van der Waals surface area contributed by atoms with Crippen molar-refractivity contribution in [2.24, 2.45) is 5.92 Å². The first-order valence-corrected chi connectivity index (χ1v) is 11.4. The summed E-state index contributed by atoms with van der Waals surface area (Å²) in [6.45, 7) is 0.325. The molecule has 1 saturated heterocycles. The van der Waals surface area contributed by atoms with Gasteiger partial charge in [-0.05, 0) is 31.0 Å². The number of fused-ring (bicyclic) bond motifs is 1. The van der Waals surface area contributed by atoms with E-state index in [0.29, 0.717) is 24.2 Å². The summed E-state index contributed by atoms with van der Waals surface area (Å²) >= 11 is 0. The fourth-order valence-corrected chi connectivity index (χ4v) is 5.51. The Balaban J connectivity index is 1.43. The van der Waals surface area contributed by atoms with Crippen LogP contribution in [0.4, 0.5) is 15.8 Å². The molecule has 2 aromatic carbocycles. The number of rotatable bonds is 4. The van der Waals surface area contributed by atoms with E-state index in [0.717, 1.165) is 0 Å². The molecule has 0 atom stereocenters. The Morgan fingerprint density at radius 1 is 1.07 bits per heavy atom. The number of carbonyl (C=O) groups excluding carboxylic acids is 2. The van der Waals surface area contributed by atoms with E-state index in [1.165, 1.54) is 27.4 Å². The second kappa shape index (κ2) is 8.16. The minimum Gasteiger partial charge on any atom is -0.323 e. The summed E-state index contributed by atoms with van der Waals surface area (Å²) in [5.41, 5.74) is 1.37. The zero-order valence-electron chi connectivity index (χ0n) is 16.3. The average Bonchev–Trinajstić information content (AvgIpc) is 2.74. The summed E-state index contributed by atoms with van der Waals surface area (Å²) in [7, 11) is -3.69. The van der Waals surface area contributed by atoms with Crippen molar-refractivity contribution in [3.8, 4) is 0 Å². The van der Waals surface area contributed by atoms with Crippen LogP contribution in [0.1, 0.15) is 18.4 Å². The minimum absolute atomic E-state index is 0.0539. The first kappa shape index (κ1) is 20.5. The van der Waals surface area contributed by atoms with Crippen LogP contribution in [0, 0.1) is 11.7 Å². The van der Waals surface area contributed by atoms with Crippen molar-refractivity contribution >= 4 is 33.2 Å². The highest BCUT2D eigenvalue weighted by molar-refractivity contribution is 7.88. The van der Waals surface area contributed by atoms with Gasteiger partial charge in [-0.1, -0.05) is 30.3 Å². The molecule has 7 nitrogen and oxygen atoms in total. The van der Waals surface area contributed by atoms with Crippen LogP contribution in [0.2, 0.25) is 0 Å². The van der Waals surface area contributed by atoms with Crippen molar-refractivity contribution in [2.75, 3.05) is 29.9 Å². The van der Waals surface area contributed by atoms with Gasteiger partial charge in [0.15, 0.2) is 0 Å². The first-order valence-electron chi connectivity index (χ1n) is 9.76. The van der Waals surface area contributed by atoms with E-state index >= 15 is 0 Å². The Morgan fingerprint density at radius 3 is 2.47 bits per heavy atom. The summed E-state index contributed by atoms with van der Waals surface area (Å²) in [5.74, 6) is -1.76. The molecule has 2 aromatic rings. The van der Waals surface area contributed by atoms with Crippen molar-refractivity contribution in [1.29, 1.82) is 0 Å². The maximum Gasteiger partial charge on any atom is 0.244 e. The van der Waals surface area contributed by atoms with E-state index in [-0.39, 0.29) is 42.9 Å². The van der Waals surface area contributed by atoms with Crippen LogP contribution >= 0.6 is 0 Å². The second-order valence-corrected chi connectivity index (χ2v) is 9.48. The number of amides is 2. The van der Waals surface area contributed by atoms with Crippen LogP contribution in [0.25, 0.3) is 0 Å². The number of sulfonamides is 1. The lowest BCUT2D eigenvalue weighted by molar-refractivity contribution is -0.125. The highest BCUT2D eigenvalue weighted by atomic mass is 32.2. The summed E-state index contributed by atoms with van der Waals surface area (Å²) in [6, 6.07) is 12.9. The molecule has 1 N–H and O–H groups in total. The fraction of sp³-hybridized carbons (Fsp3) is 0.333. The lowest BCUT2D eigenvalue weighted by atomic mass is 9.95. The number of nitrogens with one attached hydrogen (secondary N) is 1. The predicted molar refractivity (Wildman–Crippen MR) is 111 cm³/mol. The van der Waals surface area contributed by atoms with Crippen LogP contribution in [0.5, 0.6) is 0 Å². The molecule has 9 heteroatoms. The predicted octanol–water partition coefficient (Wildman–Crippen LogP) is 2.35. The van der Waals surface area contributed by atoms with Gasteiger partial charge in [-0.2, -0.15) is 0 Å². The van der Waals surface area contributed by atoms with E-state index in [1.807, 2.05) is 0 Å². The van der Waals surface area contributed by atoms with E-state index < -0.39 is 21.6 Å². The average molecular weight is 431 g/mol. The van der Waals surface area contributed by atoms with Gasteiger partial charge >= 0.3 is 0 Å². The number of para-hydroxylation sites is 2. The number of hydrogen-bond donors (Lipinski definition) is 1. The number of nitrogens with zero attached hydrogens (tertiary/aromatic N) is 2. The van der Waals surface area contributed by atoms with Crippen LogP contribution in [-0.4, -0.2) is 44.2 Å². The molecule has 0 saturated carbocycles. The molecule has 0 unspecified atom stereocenters. The number of carbonyl (C=O) groups is 2. The molecule has 0 bridgehead atoms. The molecule has 2 heterocycles. The summed E-state index contributed by atoms with van der Waals surface area (Å²) < 4.78 is 40.6. The van der Waals surface area contributed by atoms with Gasteiger partial charge in [0, 0.05) is 24.6 Å². The van der Waals surface area contributed by atoms with Crippen LogP contribution < -0.4 is 10.2 Å². The number of piperidine rings is 1. The van der Waals surface area contributed by atoms with Gasteiger partial charge in [0.1, 0.15) is 12.4 Å².